The molecular weight excluding hydrogens is 346 g/mol. The fourth-order valence-corrected chi connectivity index (χ4v) is 3.36. The Morgan fingerprint density at radius 3 is 2.62 bits per heavy atom. The molecule has 1 aromatic heterocycles. The molecule has 0 spiro atoms. The zero-order valence-electron chi connectivity index (χ0n) is 15.0. The highest BCUT2D eigenvalue weighted by Crippen LogP contribution is 2.28. The summed E-state index contributed by atoms with van der Waals surface area (Å²) in [4.78, 5) is 13.4. The molecule has 0 aliphatic rings. The normalized spacial score (nSPS) is 10.6. The highest BCUT2D eigenvalue weighted by Gasteiger charge is 2.12. The molecule has 0 radical (unpaired) electrons. The van der Waals surface area contributed by atoms with Gasteiger partial charge in [-0.1, -0.05) is 29.8 Å². The van der Waals surface area contributed by atoms with Crippen molar-refractivity contribution < 1.29 is 9.53 Å². The summed E-state index contributed by atoms with van der Waals surface area (Å²) in [7, 11) is 1.63. The second-order valence-electron chi connectivity index (χ2n) is 5.91. The zero-order valence-corrected chi connectivity index (χ0v) is 15.8. The Hall–Kier alpha value is -2.73. The third-order valence-electron chi connectivity index (χ3n) is 3.81. The van der Waals surface area contributed by atoms with E-state index >= 15 is 0 Å². The lowest BCUT2D eigenvalue weighted by molar-refractivity contribution is -0.113. The van der Waals surface area contributed by atoms with E-state index in [1.807, 2.05) is 68.4 Å². The first kappa shape index (κ1) is 18.1. The molecule has 0 saturated carbocycles. The number of hydrogen-bond acceptors (Lipinski definition) is 4. The predicted octanol–water partition coefficient (Wildman–Crippen LogP) is 4.23. The summed E-state index contributed by atoms with van der Waals surface area (Å²) in [6.45, 7) is 3.94. The van der Waals surface area contributed by atoms with Crippen molar-refractivity contribution in [1.29, 1.82) is 0 Å². The van der Waals surface area contributed by atoms with Crippen molar-refractivity contribution in [3.63, 3.8) is 0 Å². The molecule has 3 rings (SSSR count). The third kappa shape index (κ3) is 4.26. The van der Waals surface area contributed by atoms with Crippen molar-refractivity contribution in [3.05, 3.63) is 65.9 Å². The number of amides is 1. The van der Waals surface area contributed by atoms with Crippen LogP contribution in [-0.4, -0.2) is 28.6 Å². The van der Waals surface area contributed by atoms with Gasteiger partial charge < -0.3 is 10.1 Å². The Morgan fingerprint density at radius 2 is 1.88 bits per heavy atom. The number of para-hydroxylation sites is 1. The number of thioether (sulfide) groups is 1. The van der Waals surface area contributed by atoms with E-state index in [-0.39, 0.29) is 5.91 Å². The monoisotopic (exact) mass is 367 g/mol. The molecule has 0 aliphatic heterocycles. The minimum absolute atomic E-state index is 0.0887. The van der Waals surface area contributed by atoms with E-state index in [4.69, 9.17) is 4.74 Å². The van der Waals surface area contributed by atoms with Crippen LogP contribution < -0.4 is 10.1 Å². The number of nitrogens with one attached hydrogen (secondary N) is 1. The second kappa shape index (κ2) is 8.10. The van der Waals surface area contributed by atoms with Gasteiger partial charge in [0.25, 0.3) is 0 Å². The minimum atomic E-state index is -0.0887. The van der Waals surface area contributed by atoms with E-state index in [2.05, 4.69) is 10.4 Å². The van der Waals surface area contributed by atoms with Gasteiger partial charge in [0.1, 0.15) is 11.6 Å². The van der Waals surface area contributed by atoms with Crippen LogP contribution in [-0.2, 0) is 4.79 Å². The van der Waals surface area contributed by atoms with Gasteiger partial charge in [-0.25, -0.2) is 4.68 Å². The van der Waals surface area contributed by atoms with E-state index in [9.17, 15) is 4.79 Å². The SMILES string of the molecule is COc1ccccc1SCC(=O)Nc1cc(C)nn1-c1ccc(C)cc1. The second-order valence-corrected chi connectivity index (χ2v) is 6.92. The number of aromatic nitrogens is 2. The number of nitrogens with zero attached hydrogens (tertiary/aromatic N) is 2. The molecule has 6 heteroatoms. The van der Waals surface area contributed by atoms with Crippen LogP contribution in [0.1, 0.15) is 11.3 Å². The highest BCUT2D eigenvalue weighted by atomic mass is 32.2. The van der Waals surface area contributed by atoms with Crippen LogP contribution >= 0.6 is 11.8 Å². The van der Waals surface area contributed by atoms with Gasteiger partial charge in [-0.2, -0.15) is 5.10 Å². The van der Waals surface area contributed by atoms with E-state index in [0.717, 1.165) is 22.0 Å². The summed E-state index contributed by atoms with van der Waals surface area (Å²) in [5.41, 5.74) is 2.94. The average molecular weight is 367 g/mol. The van der Waals surface area contributed by atoms with E-state index in [1.54, 1.807) is 11.8 Å². The van der Waals surface area contributed by atoms with Crippen LogP contribution in [0.3, 0.4) is 0 Å². The molecule has 0 saturated heterocycles. The predicted molar refractivity (Wildman–Crippen MR) is 105 cm³/mol. The molecule has 0 bridgehead atoms. The summed E-state index contributed by atoms with van der Waals surface area (Å²) < 4.78 is 7.07. The summed E-state index contributed by atoms with van der Waals surface area (Å²) in [6, 6.07) is 17.6. The zero-order chi connectivity index (χ0) is 18.5. The molecular formula is C20H21N3O2S. The number of anilines is 1. The van der Waals surface area contributed by atoms with Gasteiger partial charge in [0.15, 0.2) is 0 Å². The van der Waals surface area contributed by atoms with Gasteiger partial charge in [-0.3, -0.25) is 4.79 Å². The molecule has 2 aromatic carbocycles. The molecule has 0 fully saturated rings. The first-order valence-corrected chi connectivity index (χ1v) is 9.25. The van der Waals surface area contributed by atoms with Crippen molar-refractivity contribution in [2.24, 2.45) is 0 Å². The summed E-state index contributed by atoms with van der Waals surface area (Å²) >= 11 is 1.44. The molecule has 0 aliphatic carbocycles. The molecule has 26 heavy (non-hydrogen) atoms. The first-order chi connectivity index (χ1) is 12.6. The highest BCUT2D eigenvalue weighted by molar-refractivity contribution is 8.00. The molecule has 0 unspecified atom stereocenters. The van der Waals surface area contributed by atoms with Crippen LogP contribution in [0.15, 0.2) is 59.5 Å². The number of benzene rings is 2. The maximum absolute atomic E-state index is 12.4. The van der Waals surface area contributed by atoms with Gasteiger partial charge in [0.05, 0.1) is 24.2 Å². The Morgan fingerprint density at radius 1 is 1.15 bits per heavy atom. The number of ether oxygens (including phenoxy) is 1. The molecule has 1 heterocycles. The Labute approximate surface area is 157 Å². The Kier molecular flexibility index (Phi) is 5.63. The van der Waals surface area contributed by atoms with Crippen molar-refractivity contribution in [2.75, 3.05) is 18.2 Å². The molecule has 3 aromatic rings. The molecule has 0 atom stereocenters. The third-order valence-corrected chi connectivity index (χ3v) is 4.86. The number of aryl methyl sites for hydroxylation is 2. The van der Waals surface area contributed by atoms with Crippen LogP contribution in [0.25, 0.3) is 5.69 Å². The standard InChI is InChI=1S/C20H21N3O2S/c1-14-8-10-16(11-9-14)23-19(12-15(2)22-23)21-20(24)13-26-18-7-5-4-6-17(18)25-3/h4-12H,13H2,1-3H3,(H,21,24). The number of carbonyl (C=O) groups excluding carboxylic acids is 1. The van der Waals surface area contributed by atoms with E-state index in [0.29, 0.717) is 11.6 Å². The van der Waals surface area contributed by atoms with Crippen LogP contribution in [0.4, 0.5) is 5.82 Å². The van der Waals surface area contributed by atoms with Crippen LogP contribution in [0.5, 0.6) is 5.75 Å². The van der Waals surface area contributed by atoms with Crippen molar-refractivity contribution >= 4 is 23.5 Å². The van der Waals surface area contributed by atoms with Crippen molar-refractivity contribution in [2.45, 2.75) is 18.7 Å². The number of hydrogen-bond donors (Lipinski definition) is 1. The lowest BCUT2D eigenvalue weighted by Gasteiger charge is -2.10. The quantitative estimate of drug-likeness (QED) is 0.663. The lowest BCUT2D eigenvalue weighted by Crippen LogP contribution is -2.17. The minimum Gasteiger partial charge on any atom is -0.496 e. The van der Waals surface area contributed by atoms with Gasteiger partial charge in [0, 0.05) is 11.0 Å². The Balaban J connectivity index is 1.71. The molecule has 1 amide bonds. The number of methoxy groups -OCH3 is 1. The average Bonchev–Trinajstić information content (AvgIpc) is 3.01. The summed E-state index contributed by atoms with van der Waals surface area (Å²) in [6.07, 6.45) is 0. The molecule has 5 nitrogen and oxygen atoms in total. The molecule has 1 N–H and O–H groups in total. The maximum Gasteiger partial charge on any atom is 0.235 e. The van der Waals surface area contributed by atoms with Crippen LogP contribution in [0.2, 0.25) is 0 Å². The van der Waals surface area contributed by atoms with Crippen molar-refractivity contribution in [3.8, 4) is 11.4 Å². The number of rotatable bonds is 6. The fourth-order valence-electron chi connectivity index (χ4n) is 2.53. The van der Waals surface area contributed by atoms with Gasteiger partial charge >= 0.3 is 0 Å². The largest absolute Gasteiger partial charge is 0.496 e. The van der Waals surface area contributed by atoms with Gasteiger partial charge in [-0.15, -0.1) is 11.8 Å². The lowest BCUT2D eigenvalue weighted by atomic mass is 10.2. The van der Waals surface area contributed by atoms with E-state index in [1.165, 1.54) is 17.3 Å². The van der Waals surface area contributed by atoms with E-state index < -0.39 is 0 Å². The summed E-state index contributed by atoms with van der Waals surface area (Å²) in [5, 5.41) is 7.44. The molecule has 134 valence electrons. The maximum atomic E-state index is 12.4. The Bertz CT molecular complexity index is 904. The fraction of sp³-hybridized carbons (Fsp3) is 0.200. The summed E-state index contributed by atoms with van der Waals surface area (Å²) in [5.74, 6) is 1.63. The van der Waals surface area contributed by atoms with Crippen LogP contribution in [0, 0.1) is 13.8 Å². The van der Waals surface area contributed by atoms with Gasteiger partial charge in [0.2, 0.25) is 5.91 Å². The number of carbonyl (C=O) groups is 1. The topological polar surface area (TPSA) is 56.1 Å². The first-order valence-electron chi connectivity index (χ1n) is 8.26. The van der Waals surface area contributed by atoms with Gasteiger partial charge in [-0.05, 0) is 38.1 Å². The smallest absolute Gasteiger partial charge is 0.235 e. The van der Waals surface area contributed by atoms with Crippen molar-refractivity contribution in [1.82, 2.24) is 9.78 Å².